The van der Waals surface area contributed by atoms with Gasteiger partial charge in [0.15, 0.2) is 0 Å². The maximum Gasteiger partial charge on any atom is 0.326 e. The van der Waals surface area contributed by atoms with Gasteiger partial charge in [-0.25, -0.2) is 4.79 Å². The number of aliphatic carboxylic acids is 1. The topological polar surface area (TPSA) is 66.8 Å². The van der Waals surface area contributed by atoms with Gasteiger partial charge in [-0.05, 0) is 30.4 Å². The second-order valence-corrected chi connectivity index (χ2v) is 5.43. The van der Waals surface area contributed by atoms with Crippen LogP contribution in [0, 0.1) is 0 Å². The van der Waals surface area contributed by atoms with Crippen LogP contribution in [0.15, 0.2) is 24.3 Å². The number of methoxy groups -OCH3 is 1. The Balaban J connectivity index is 2.07. The molecule has 1 saturated heterocycles. The van der Waals surface area contributed by atoms with E-state index < -0.39 is 12.0 Å². The lowest BCUT2D eigenvalue weighted by molar-refractivity contribution is -0.148. The van der Waals surface area contributed by atoms with Gasteiger partial charge in [0, 0.05) is 13.0 Å². The molecule has 2 rings (SSSR count). The highest BCUT2D eigenvalue weighted by Crippen LogP contribution is 2.30. The molecule has 1 aromatic rings. The van der Waals surface area contributed by atoms with Crippen LogP contribution in [0.4, 0.5) is 0 Å². The maximum absolute atomic E-state index is 12.4. The van der Waals surface area contributed by atoms with E-state index in [2.05, 4.69) is 0 Å². The maximum atomic E-state index is 12.4. The van der Waals surface area contributed by atoms with Gasteiger partial charge in [-0.2, -0.15) is 0 Å². The van der Waals surface area contributed by atoms with Gasteiger partial charge in [-0.15, -0.1) is 0 Å². The van der Waals surface area contributed by atoms with E-state index in [4.69, 9.17) is 9.84 Å². The molecule has 0 radical (unpaired) electrons. The average Bonchev–Trinajstić information content (AvgIpc) is 2.96. The fourth-order valence-corrected chi connectivity index (χ4v) is 2.88. The Morgan fingerprint density at radius 3 is 2.81 bits per heavy atom. The quantitative estimate of drug-likeness (QED) is 0.903. The summed E-state index contributed by atoms with van der Waals surface area (Å²) >= 11 is 0. The first kappa shape index (κ1) is 15.4. The summed E-state index contributed by atoms with van der Waals surface area (Å²) in [6, 6.07) is 6.94. The molecule has 0 spiro atoms. The van der Waals surface area contributed by atoms with E-state index in [1.54, 1.807) is 7.11 Å². The minimum Gasteiger partial charge on any atom is -0.496 e. The number of carbonyl (C=O) groups is 2. The third-order valence-corrected chi connectivity index (χ3v) is 4.01. The molecule has 1 fully saturated rings. The van der Waals surface area contributed by atoms with Gasteiger partial charge in [-0.3, -0.25) is 4.79 Å². The fraction of sp³-hybridized carbons (Fsp3) is 0.500. The SMILES string of the molecule is COc1ccccc1C(C)CC(=O)N1CCC[C@H]1C(=O)O. The second kappa shape index (κ2) is 6.61. The van der Waals surface area contributed by atoms with Crippen LogP contribution in [0.25, 0.3) is 0 Å². The van der Waals surface area contributed by atoms with Crippen molar-refractivity contribution in [2.75, 3.05) is 13.7 Å². The molecule has 1 heterocycles. The summed E-state index contributed by atoms with van der Waals surface area (Å²) in [5.41, 5.74) is 0.972. The number of carbonyl (C=O) groups excluding carboxylic acids is 1. The van der Waals surface area contributed by atoms with Crippen molar-refractivity contribution in [3.8, 4) is 5.75 Å². The minimum absolute atomic E-state index is 0.0105. The number of hydrogen-bond donors (Lipinski definition) is 1. The molecule has 0 aromatic heterocycles. The Morgan fingerprint density at radius 2 is 2.14 bits per heavy atom. The number of para-hydroxylation sites is 1. The molecular formula is C16H21NO4. The Morgan fingerprint density at radius 1 is 1.43 bits per heavy atom. The fourth-order valence-electron chi connectivity index (χ4n) is 2.88. The van der Waals surface area contributed by atoms with Crippen molar-refractivity contribution in [1.82, 2.24) is 4.90 Å². The standard InChI is InChI=1S/C16H21NO4/c1-11(12-6-3-4-8-14(12)21-2)10-15(18)17-9-5-7-13(17)16(19)20/h3-4,6,8,11,13H,5,7,9-10H2,1-2H3,(H,19,20)/t11?,13-/m0/s1. The third kappa shape index (κ3) is 3.35. The lowest BCUT2D eigenvalue weighted by Crippen LogP contribution is -2.40. The summed E-state index contributed by atoms with van der Waals surface area (Å²) in [5.74, 6) is -0.262. The van der Waals surface area contributed by atoms with Crippen molar-refractivity contribution in [2.45, 2.75) is 38.1 Å². The number of carboxylic acid groups (broad SMARTS) is 1. The van der Waals surface area contributed by atoms with E-state index in [0.29, 0.717) is 19.4 Å². The molecule has 114 valence electrons. The van der Waals surface area contributed by atoms with Crippen molar-refractivity contribution >= 4 is 11.9 Å². The summed E-state index contributed by atoms with van der Waals surface area (Å²) in [6.45, 7) is 2.50. The van der Waals surface area contributed by atoms with Gasteiger partial charge in [-0.1, -0.05) is 25.1 Å². The molecule has 2 atom stereocenters. The van der Waals surface area contributed by atoms with Crippen molar-refractivity contribution in [2.24, 2.45) is 0 Å². The molecular weight excluding hydrogens is 270 g/mol. The summed E-state index contributed by atoms with van der Waals surface area (Å²) in [7, 11) is 1.61. The lowest BCUT2D eigenvalue weighted by Gasteiger charge is -2.23. The van der Waals surface area contributed by atoms with E-state index in [1.165, 1.54) is 4.90 Å². The third-order valence-electron chi connectivity index (χ3n) is 4.01. The predicted molar refractivity (Wildman–Crippen MR) is 78.4 cm³/mol. The summed E-state index contributed by atoms with van der Waals surface area (Å²) < 4.78 is 5.31. The van der Waals surface area contributed by atoms with Crippen LogP contribution in [0.2, 0.25) is 0 Å². The van der Waals surface area contributed by atoms with E-state index >= 15 is 0 Å². The molecule has 1 amide bonds. The molecule has 0 saturated carbocycles. The summed E-state index contributed by atoms with van der Waals surface area (Å²) in [5, 5.41) is 9.15. The van der Waals surface area contributed by atoms with Crippen LogP contribution in [0.1, 0.15) is 37.7 Å². The zero-order chi connectivity index (χ0) is 15.4. The molecule has 5 heteroatoms. The molecule has 1 aliphatic rings. The number of rotatable bonds is 5. The van der Waals surface area contributed by atoms with Gasteiger partial charge in [0.05, 0.1) is 7.11 Å². The highest BCUT2D eigenvalue weighted by molar-refractivity contribution is 5.84. The molecule has 1 unspecified atom stereocenters. The smallest absolute Gasteiger partial charge is 0.326 e. The first-order chi connectivity index (χ1) is 10.0. The first-order valence-electron chi connectivity index (χ1n) is 7.19. The largest absolute Gasteiger partial charge is 0.496 e. The van der Waals surface area contributed by atoms with Crippen LogP contribution < -0.4 is 4.74 Å². The molecule has 21 heavy (non-hydrogen) atoms. The van der Waals surface area contributed by atoms with Crippen LogP contribution in [0.5, 0.6) is 5.75 Å². The minimum atomic E-state index is -0.911. The molecule has 0 bridgehead atoms. The number of hydrogen-bond acceptors (Lipinski definition) is 3. The molecule has 0 aliphatic carbocycles. The number of ether oxygens (including phenoxy) is 1. The van der Waals surface area contributed by atoms with Crippen molar-refractivity contribution in [3.05, 3.63) is 29.8 Å². The van der Waals surface area contributed by atoms with Gasteiger partial charge < -0.3 is 14.7 Å². The Hall–Kier alpha value is -2.04. The van der Waals surface area contributed by atoms with Crippen LogP contribution in [-0.4, -0.2) is 41.6 Å². The molecule has 1 N–H and O–H groups in total. The molecule has 1 aromatic carbocycles. The first-order valence-corrected chi connectivity index (χ1v) is 7.19. The van der Waals surface area contributed by atoms with E-state index in [9.17, 15) is 9.59 Å². The molecule has 5 nitrogen and oxygen atoms in total. The zero-order valence-corrected chi connectivity index (χ0v) is 12.4. The Kier molecular flexibility index (Phi) is 4.83. The van der Waals surface area contributed by atoms with Gasteiger partial charge in [0.2, 0.25) is 5.91 Å². The highest BCUT2D eigenvalue weighted by atomic mass is 16.5. The van der Waals surface area contributed by atoms with Crippen molar-refractivity contribution in [3.63, 3.8) is 0 Å². The lowest BCUT2D eigenvalue weighted by atomic mass is 9.96. The summed E-state index contributed by atoms with van der Waals surface area (Å²) in [4.78, 5) is 25.0. The second-order valence-electron chi connectivity index (χ2n) is 5.43. The average molecular weight is 291 g/mol. The zero-order valence-electron chi connectivity index (χ0n) is 12.4. The van der Waals surface area contributed by atoms with E-state index in [0.717, 1.165) is 17.7 Å². The van der Waals surface area contributed by atoms with Crippen LogP contribution in [0.3, 0.4) is 0 Å². The van der Waals surface area contributed by atoms with Crippen molar-refractivity contribution < 1.29 is 19.4 Å². The Bertz CT molecular complexity index is 529. The number of likely N-dealkylation sites (tertiary alicyclic amines) is 1. The van der Waals surface area contributed by atoms with Gasteiger partial charge >= 0.3 is 5.97 Å². The predicted octanol–water partition coefficient (Wildman–Crippen LogP) is 2.26. The van der Waals surface area contributed by atoms with Crippen LogP contribution in [-0.2, 0) is 9.59 Å². The van der Waals surface area contributed by atoms with Crippen molar-refractivity contribution in [1.29, 1.82) is 0 Å². The van der Waals surface area contributed by atoms with Gasteiger partial charge in [0.25, 0.3) is 0 Å². The van der Waals surface area contributed by atoms with E-state index in [-0.39, 0.29) is 11.8 Å². The number of amides is 1. The Labute approximate surface area is 124 Å². The number of carboxylic acids is 1. The normalized spacial score (nSPS) is 19.3. The number of benzene rings is 1. The summed E-state index contributed by atoms with van der Waals surface area (Å²) in [6.07, 6.45) is 1.60. The van der Waals surface area contributed by atoms with Crippen LogP contribution >= 0.6 is 0 Å². The monoisotopic (exact) mass is 291 g/mol. The van der Waals surface area contributed by atoms with E-state index in [1.807, 2.05) is 31.2 Å². The molecule has 1 aliphatic heterocycles. The van der Waals surface area contributed by atoms with Gasteiger partial charge in [0.1, 0.15) is 11.8 Å². The number of nitrogens with zero attached hydrogens (tertiary/aromatic N) is 1. The highest BCUT2D eigenvalue weighted by Gasteiger charge is 2.34.